The number of sulfonamides is 1. The molecule has 0 heterocycles. The van der Waals surface area contributed by atoms with Crippen molar-refractivity contribution < 1.29 is 18.0 Å². The van der Waals surface area contributed by atoms with Crippen molar-refractivity contribution in [3.8, 4) is 0 Å². The molecule has 12 heteroatoms. The summed E-state index contributed by atoms with van der Waals surface area (Å²) in [6.07, 6.45) is 1.65. The molecule has 0 bridgehead atoms. The zero-order valence-electron chi connectivity index (χ0n) is 19.7. The fraction of sp³-hybridized carbons (Fsp3) is 0.391. The molecule has 0 fully saturated rings. The first-order valence-electron chi connectivity index (χ1n) is 10.7. The first-order valence-corrected chi connectivity index (χ1v) is 14.1. The molecule has 0 aliphatic heterocycles. The molecule has 1 N–H and O–H groups in total. The van der Waals surface area contributed by atoms with Crippen molar-refractivity contribution >= 4 is 73.9 Å². The van der Waals surface area contributed by atoms with E-state index in [1.807, 2.05) is 13.8 Å². The summed E-state index contributed by atoms with van der Waals surface area (Å²) >= 11 is 24.6. The van der Waals surface area contributed by atoms with Gasteiger partial charge in [-0.25, -0.2) is 8.42 Å². The van der Waals surface area contributed by atoms with E-state index in [9.17, 15) is 18.0 Å². The van der Waals surface area contributed by atoms with Crippen LogP contribution in [0.4, 0.5) is 5.69 Å². The third kappa shape index (κ3) is 7.89. The van der Waals surface area contributed by atoms with Crippen LogP contribution < -0.4 is 9.62 Å². The number of halogens is 4. The normalized spacial score (nSPS) is 13.1. The molecule has 2 rings (SSSR count). The molecule has 0 aliphatic carbocycles. The summed E-state index contributed by atoms with van der Waals surface area (Å²) in [5.41, 5.74) is 0.593. The van der Waals surface area contributed by atoms with Crippen LogP contribution in [0.3, 0.4) is 0 Å². The molecule has 192 valence electrons. The molecule has 2 aromatic rings. The topological polar surface area (TPSA) is 86.8 Å². The number of nitrogens with zero attached hydrogens (tertiary/aromatic N) is 2. The summed E-state index contributed by atoms with van der Waals surface area (Å²) in [5.74, 6) is -1.02. The number of rotatable bonds is 10. The maximum Gasteiger partial charge on any atom is 0.244 e. The standard InChI is InChI=1S/C23H27Cl4N3O4S/c1-5-14(2)28-23(32)15(3)29(12-16-9-10-17(24)11-19(16)26)21(31)13-30(35(4,33)34)20-8-6-7-18(25)22(20)27/h6-11,14-15H,5,12-13H2,1-4H3,(H,28,32)/t14-,15+/m0/s1. The number of nitrogens with one attached hydrogen (secondary N) is 1. The molecule has 2 aromatic carbocycles. The SMILES string of the molecule is CC[C@H](C)NC(=O)[C@@H](C)N(Cc1ccc(Cl)cc1Cl)C(=O)CN(c1cccc(Cl)c1Cl)S(C)(=O)=O. The summed E-state index contributed by atoms with van der Waals surface area (Å²) in [5, 5.41) is 3.70. The van der Waals surface area contributed by atoms with E-state index in [0.29, 0.717) is 22.0 Å². The molecule has 35 heavy (non-hydrogen) atoms. The predicted octanol–water partition coefficient (Wildman–Crippen LogP) is 5.40. The maximum atomic E-state index is 13.5. The lowest BCUT2D eigenvalue weighted by Gasteiger charge is -2.32. The molecule has 0 radical (unpaired) electrons. The highest BCUT2D eigenvalue weighted by atomic mass is 35.5. The van der Waals surface area contributed by atoms with Gasteiger partial charge in [0.05, 0.1) is 22.0 Å². The van der Waals surface area contributed by atoms with Crippen molar-refractivity contribution in [1.82, 2.24) is 10.2 Å². The number of carbonyl (C=O) groups is 2. The minimum Gasteiger partial charge on any atom is -0.352 e. The van der Waals surface area contributed by atoms with Crippen LogP contribution in [-0.2, 0) is 26.2 Å². The fourth-order valence-electron chi connectivity index (χ4n) is 3.16. The second kappa shape index (κ2) is 12.5. The van der Waals surface area contributed by atoms with Gasteiger partial charge >= 0.3 is 0 Å². The van der Waals surface area contributed by atoms with E-state index in [4.69, 9.17) is 46.4 Å². The summed E-state index contributed by atoms with van der Waals surface area (Å²) in [7, 11) is -3.94. The number of amides is 2. The Morgan fingerprint density at radius 2 is 1.69 bits per heavy atom. The van der Waals surface area contributed by atoms with Crippen molar-refractivity contribution in [2.24, 2.45) is 0 Å². The van der Waals surface area contributed by atoms with Crippen LogP contribution in [0.5, 0.6) is 0 Å². The quantitative estimate of drug-likeness (QED) is 0.406. The predicted molar refractivity (Wildman–Crippen MR) is 143 cm³/mol. The van der Waals surface area contributed by atoms with Gasteiger partial charge in [0.1, 0.15) is 12.6 Å². The molecule has 0 aromatic heterocycles. The first kappa shape index (κ1) is 29.5. The van der Waals surface area contributed by atoms with E-state index < -0.39 is 28.5 Å². The molecule has 0 saturated carbocycles. The summed E-state index contributed by atoms with van der Waals surface area (Å²) < 4.78 is 26.1. The molecule has 0 spiro atoms. The molecular formula is C23H27Cl4N3O4S. The average molecular weight is 583 g/mol. The van der Waals surface area contributed by atoms with Crippen molar-refractivity contribution in [2.45, 2.75) is 45.8 Å². The highest BCUT2D eigenvalue weighted by molar-refractivity contribution is 7.92. The van der Waals surface area contributed by atoms with Crippen molar-refractivity contribution in [3.05, 3.63) is 62.1 Å². The van der Waals surface area contributed by atoms with Crippen LogP contribution in [0.2, 0.25) is 20.1 Å². The van der Waals surface area contributed by atoms with Gasteiger partial charge in [-0.05, 0) is 50.1 Å². The van der Waals surface area contributed by atoms with E-state index in [1.54, 1.807) is 19.1 Å². The zero-order chi connectivity index (χ0) is 26.5. The average Bonchev–Trinajstić information content (AvgIpc) is 2.77. The molecule has 0 aliphatic rings. The van der Waals surface area contributed by atoms with E-state index >= 15 is 0 Å². The highest BCUT2D eigenvalue weighted by Crippen LogP contribution is 2.34. The fourth-order valence-corrected chi connectivity index (χ4v) is 4.93. The van der Waals surface area contributed by atoms with Crippen molar-refractivity contribution in [1.29, 1.82) is 0 Å². The van der Waals surface area contributed by atoms with E-state index in [0.717, 1.165) is 10.6 Å². The lowest BCUT2D eigenvalue weighted by molar-refractivity contribution is -0.139. The first-order chi connectivity index (χ1) is 16.3. The monoisotopic (exact) mass is 581 g/mol. The van der Waals surface area contributed by atoms with Crippen LogP contribution in [0.15, 0.2) is 36.4 Å². The lowest BCUT2D eigenvalue weighted by Crippen LogP contribution is -2.52. The van der Waals surface area contributed by atoms with Crippen LogP contribution in [0, 0.1) is 0 Å². The van der Waals surface area contributed by atoms with Crippen LogP contribution >= 0.6 is 46.4 Å². The molecule has 0 unspecified atom stereocenters. The second-order valence-corrected chi connectivity index (χ2v) is 11.6. The van der Waals surface area contributed by atoms with Gasteiger partial charge in [0, 0.05) is 22.6 Å². The number of carbonyl (C=O) groups excluding carboxylic acids is 2. The molecule has 2 atom stereocenters. The Balaban J connectivity index is 2.47. The Morgan fingerprint density at radius 3 is 2.26 bits per heavy atom. The highest BCUT2D eigenvalue weighted by Gasteiger charge is 2.31. The number of anilines is 1. The van der Waals surface area contributed by atoms with Crippen molar-refractivity contribution in [3.63, 3.8) is 0 Å². The number of hydrogen-bond donors (Lipinski definition) is 1. The minimum absolute atomic E-state index is 0.0118. The summed E-state index contributed by atoms with van der Waals surface area (Å²) in [6.45, 7) is 4.68. The molecule has 7 nitrogen and oxygen atoms in total. The summed E-state index contributed by atoms with van der Waals surface area (Å²) in [6, 6.07) is 8.22. The molecular weight excluding hydrogens is 556 g/mol. The zero-order valence-corrected chi connectivity index (χ0v) is 23.5. The summed E-state index contributed by atoms with van der Waals surface area (Å²) in [4.78, 5) is 27.7. The van der Waals surface area contributed by atoms with Gasteiger partial charge in [0.25, 0.3) is 0 Å². The third-order valence-corrected chi connectivity index (χ3v) is 7.93. The largest absolute Gasteiger partial charge is 0.352 e. The smallest absolute Gasteiger partial charge is 0.244 e. The third-order valence-electron chi connectivity index (χ3n) is 5.40. The lowest BCUT2D eigenvalue weighted by atomic mass is 10.1. The van der Waals surface area contributed by atoms with Crippen LogP contribution in [0.1, 0.15) is 32.8 Å². The van der Waals surface area contributed by atoms with E-state index in [2.05, 4.69) is 5.32 Å². The Bertz CT molecular complexity index is 1190. The molecule has 0 saturated heterocycles. The second-order valence-electron chi connectivity index (χ2n) is 8.09. The number of benzene rings is 2. The Kier molecular flexibility index (Phi) is 10.5. The van der Waals surface area contributed by atoms with Crippen molar-refractivity contribution in [2.75, 3.05) is 17.1 Å². The van der Waals surface area contributed by atoms with Gasteiger partial charge in [-0.2, -0.15) is 0 Å². The van der Waals surface area contributed by atoms with Gasteiger partial charge in [0.15, 0.2) is 0 Å². The van der Waals surface area contributed by atoms with Gasteiger partial charge < -0.3 is 10.2 Å². The maximum absolute atomic E-state index is 13.5. The van der Waals surface area contributed by atoms with Gasteiger partial charge in [0.2, 0.25) is 21.8 Å². The molecule has 2 amide bonds. The Labute approximate surface area is 226 Å². The Hall–Kier alpha value is -1.71. The number of hydrogen-bond acceptors (Lipinski definition) is 4. The van der Waals surface area contributed by atoms with Crippen LogP contribution in [-0.4, -0.2) is 50.0 Å². The Morgan fingerprint density at radius 1 is 1.03 bits per heavy atom. The van der Waals surface area contributed by atoms with Gasteiger partial charge in [-0.1, -0.05) is 65.5 Å². The van der Waals surface area contributed by atoms with Gasteiger partial charge in [-0.15, -0.1) is 0 Å². The van der Waals surface area contributed by atoms with E-state index in [-0.39, 0.29) is 34.2 Å². The van der Waals surface area contributed by atoms with E-state index in [1.165, 1.54) is 29.2 Å². The minimum atomic E-state index is -3.94. The van der Waals surface area contributed by atoms with Gasteiger partial charge in [-0.3, -0.25) is 13.9 Å². The van der Waals surface area contributed by atoms with Crippen LogP contribution in [0.25, 0.3) is 0 Å².